The Hall–Kier alpha value is -2.24. The van der Waals surface area contributed by atoms with E-state index < -0.39 is 12.7 Å². The van der Waals surface area contributed by atoms with Crippen LogP contribution in [0, 0.1) is 11.3 Å². The quantitative estimate of drug-likeness (QED) is 0.583. The molecule has 0 spiro atoms. The van der Waals surface area contributed by atoms with Crippen molar-refractivity contribution in [3.05, 3.63) is 23.8 Å². The Morgan fingerprint density at radius 3 is 2.55 bits per heavy atom. The largest absolute Gasteiger partial charge is 0.494 e. The average molecular weight is 430 g/mol. The number of amides is 1. The number of hydrogen-bond acceptors (Lipinski definition) is 6. The molecule has 1 aliphatic rings. The summed E-state index contributed by atoms with van der Waals surface area (Å²) in [4.78, 5) is 13.9. The summed E-state index contributed by atoms with van der Waals surface area (Å²) in [6, 6.07) is 7.60. The van der Waals surface area contributed by atoms with E-state index in [1.54, 1.807) is 17.0 Å². The molecule has 0 saturated carbocycles. The zero-order valence-electron chi connectivity index (χ0n) is 19.9. The maximum Gasteiger partial charge on any atom is 0.494 e. The van der Waals surface area contributed by atoms with Gasteiger partial charge in [0, 0.05) is 25.2 Å². The lowest BCUT2D eigenvalue weighted by Gasteiger charge is -2.28. The van der Waals surface area contributed by atoms with Crippen molar-refractivity contribution in [2.75, 3.05) is 19.7 Å². The van der Waals surface area contributed by atoms with E-state index in [0.29, 0.717) is 37.4 Å². The van der Waals surface area contributed by atoms with Gasteiger partial charge in [-0.05, 0) is 65.6 Å². The van der Waals surface area contributed by atoms with Gasteiger partial charge in [-0.25, -0.2) is 4.79 Å². The van der Waals surface area contributed by atoms with E-state index in [2.05, 4.69) is 13.0 Å². The van der Waals surface area contributed by atoms with Gasteiger partial charge in [0.25, 0.3) is 0 Å². The highest BCUT2D eigenvalue weighted by Gasteiger charge is 2.32. The topological polar surface area (TPSA) is 81.0 Å². The molecule has 1 fully saturated rings. The summed E-state index contributed by atoms with van der Waals surface area (Å²) in [5, 5.41) is 9.68. The van der Waals surface area contributed by atoms with Crippen molar-refractivity contribution in [3.8, 4) is 11.8 Å². The van der Waals surface area contributed by atoms with Gasteiger partial charge in [0.2, 0.25) is 0 Å². The summed E-state index contributed by atoms with van der Waals surface area (Å²) in [5.41, 5.74) is 0.298. The van der Waals surface area contributed by atoms with Crippen LogP contribution < -0.4 is 10.2 Å². The minimum absolute atomic E-state index is 0.191. The Morgan fingerprint density at radius 2 is 1.97 bits per heavy atom. The molecule has 2 rings (SSSR count). The molecule has 1 aromatic rings. The lowest BCUT2D eigenvalue weighted by atomic mass is 9.76. The summed E-state index contributed by atoms with van der Waals surface area (Å²) in [7, 11) is -0.560. The van der Waals surface area contributed by atoms with Crippen LogP contribution in [0.1, 0.15) is 66.9 Å². The Morgan fingerprint density at radius 1 is 1.26 bits per heavy atom. The molecule has 1 heterocycles. The van der Waals surface area contributed by atoms with Crippen LogP contribution in [0.5, 0.6) is 5.75 Å². The number of likely N-dealkylation sites (tertiary alicyclic amines) is 1. The third-order valence-corrected chi connectivity index (χ3v) is 5.08. The fourth-order valence-electron chi connectivity index (χ4n) is 3.10. The molecule has 1 aliphatic heterocycles. The SMILES string of the molecule is CCOB(OC(C)(C)CC)c1ccc(O[C@@H]2CCN(C(=O)OC(C)(C)C)C2)c(C#N)c1. The summed E-state index contributed by atoms with van der Waals surface area (Å²) < 4.78 is 23.4. The van der Waals surface area contributed by atoms with Crippen LogP contribution in [-0.4, -0.2) is 55.1 Å². The predicted octanol–water partition coefficient (Wildman–Crippen LogP) is 3.88. The predicted molar refractivity (Wildman–Crippen MR) is 120 cm³/mol. The number of carbonyl (C=O) groups is 1. The Bertz CT molecular complexity index is 800. The molecular weight excluding hydrogens is 395 g/mol. The Kier molecular flexibility index (Phi) is 8.38. The average Bonchev–Trinajstić information content (AvgIpc) is 3.15. The molecule has 0 bridgehead atoms. The molecular formula is C23H35BN2O5. The number of ether oxygens (including phenoxy) is 2. The third kappa shape index (κ3) is 7.44. The molecule has 0 unspecified atom stereocenters. The molecule has 1 atom stereocenters. The highest BCUT2D eigenvalue weighted by Crippen LogP contribution is 2.24. The Balaban J connectivity index is 2.10. The minimum Gasteiger partial charge on any atom is -0.487 e. The third-order valence-electron chi connectivity index (χ3n) is 5.08. The Labute approximate surface area is 186 Å². The molecule has 7 nitrogen and oxygen atoms in total. The van der Waals surface area contributed by atoms with Crippen LogP contribution >= 0.6 is 0 Å². The maximum atomic E-state index is 12.3. The second kappa shape index (κ2) is 10.4. The van der Waals surface area contributed by atoms with E-state index >= 15 is 0 Å². The van der Waals surface area contributed by atoms with Gasteiger partial charge in [-0.2, -0.15) is 5.26 Å². The summed E-state index contributed by atoms with van der Waals surface area (Å²) in [6.07, 6.45) is 0.980. The smallest absolute Gasteiger partial charge is 0.487 e. The van der Waals surface area contributed by atoms with Crippen LogP contribution in [0.15, 0.2) is 18.2 Å². The second-order valence-corrected chi connectivity index (χ2v) is 9.34. The molecule has 1 saturated heterocycles. The summed E-state index contributed by atoms with van der Waals surface area (Å²) in [6.45, 7) is 15.0. The first-order valence-corrected chi connectivity index (χ1v) is 11.0. The summed E-state index contributed by atoms with van der Waals surface area (Å²) in [5.74, 6) is 0.493. The van der Waals surface area contributed by atoms with Gasteiger partial charge in [0.1, 0.15) is 23.5 Å². The lowest BCUT2D eigenvalue weighted by Crippen LogP contribution is -2.43. The van der Waals surface area contributed by atoms with Gasteiger partial charge in [-0.1, -0.05) is 13.0 Å². The van der Waals surface area contributed by atoms with Crippen LogP contribution in [0.2, 0.25) is 0 Å². The molecule has 170 valence electrons. The first-order chi connectivity index (χ1) is 14.5. The summed E-state index contributed by atoms with van der Waals surface area (Å²) >= 11 is 0. The van der Waals surface area contributed by atoms with Gasteiger partial charge in [0.05, 0.1) is 12.1 Å². The van der Waals surface area contributed by atoms with Gasteiger partial charge in [-0.15, -0.1) is 0 Å². The zero-order chi connectivity index (χ0) is 23.2. The first-order valence-electron chi connectivity index (χ1n) is 11.0. The van der Waals surface area contributed by atoms with Crippen molar-refractivity contribution in [1.29, 1.82) is 5.26 Å². The van der Waals surface area contributed by atoms with E-state index in [9.17, 15) is 10.1 Å². The van der Waals surface area contributed by atoms with Crippen LogP contribution in [0.4, 0.5) is 4.79 Å². The van der Waals surface area contributed by atoms with Crippen molar-refractivity contribution in [2.24, 2.45) is 0 Å². The van der Waals surface area contributed by atoms with E-state index in [1.807, 2.05) is 47.6 Å². The molecule has 31 heavy (non-hydrogen) atoms. The molecule has 0 aliphatic carbocycles. The molecule has 8 heteroatoms. The van der Waals surface area contributed by atoms with E-state index in [4.69, 9.17) is 18.8 Å². The number of nitriles is 1. The highest BCUT2D eigenvalue weighted by atomic mass is 16.6. The number of nitrogens with zero attached hydrogens (tertiary/aromatic N) is 2. The standard InChI is InChI=1S/C23H35BN2O5/c1-8-23(6,7)31-24(28-9-2)18-10-11-20(17(14-18)15-25)29-19-12-13-26(16-19)21(27)30-22(3,4)5/h10-11,14,19H,8-9,12-13,16H2,1-7H3/t19-/m1/s1. The number of carbonyl (C=O) groups excluding carboxylic acids is 1. The first kappa shape index (κ1) is 25.0. The van der Waals surface area contributed by atoms with Crippen molar-refractivity contribution < 1.29 is 23.6 Å². The molecule has 0 radical (unpaired) electrons. The minimum atomic E-state index is -0.560. The van der Waals surface area contributed by atoms with E-state index in [1.165, 1.54) is 0 Å². The zero-order valence-corrected chi connectivity index (χ0v) is 19.9. The van der Waals surface area contributed by atoms with Crippen molar-refractivity contribution in [1.82, 2.24) is 4.90 Å². The number of hydrogen-bond donors (Lipinski definition) is 0. The molecule has 1 amide bonds. The normalized spacial score (nSPS) is 16.7. The fraction of sp³-hybridized carbons (Fsp3) is 0.652. The highest BCUT2D eigenvalue weighted by molar-refractivity contribution is 6.61. The van der Waals surface area contributed by atoms with Crippen LogP contribution in [-0.2, 0) is 14.0 Å². The van der Waals surface area contributed by atoms with Crippen LogP contribution in [0.25, 0.3) is 0 Å². The molecule has 0 N–H and O–H groups in total. The van der Waals surface area contributed by atoms with Crippen LogP contribution in [0.3, 0.4) is 0 Å². The van der Waals surface area contributed by atoms with Gasteiger partial charge in [-0.3, -0.25) is 0 Å². The monoisotopic (exact) mass is 430 g/mol. The van der Waals surface area contributed by atoms with Crippen molar-refractivity contribution in [3.63, 3.8) is 0 Å². The number of rotatable bonds is 8. The maximum absolute atomic E-state index is 12.3. The lowest BCUT2D eigenvalue weighted by molar-refractivity contribution is 0.0275. The van der Waals surface area contributed by atoms with Crippen molar-refractivity contribution in [2.45, 2.75) is 78.6 Å². The van der Waals surface area contributed by atoms with E-state index in [-0.39, 0.29) is 17.8 Å². The van der Waals surface area contributed by atoms with Gasteiger partial charge in [0.15, 0.2) is 0 Å². The molecule has 1 aromatic carbocycles. The second-order valence-electron chi connectivity index (χ2n) is 9.34. The van der Waals surface area contributed by atoms with Crippen molar-refractivity contribution >= 4 is 18.7 Å². The number of benzene rings is 1. The fourth-order valence-corrected chi connectivity index (χ4v) is 3.10. The van der Waals surface area contributed by atoms with Gasteiger partial charge < -0.3 is 23.7 Å². The van der Waals surface area contributed by atoms with Gasteiger partial charge >= 0.3 is 13.2 Å². The molecule has 0 aromatic heterocycles. The van der Waals surface area contributed by atoms with E-state index in [0.717, 1.165) is 11.9 Å².